The van der Waals surface area contributed by atoms with Gasteiger partial charge in [0, 0.05) is 25.4 Å². The van der Waals surface area contributed by atoms with E-state index < -0.39 is 23.6 Å². The van der Waals surface area contributed by atoms with Crippen LogP contribution >= 0.6 is 11.8 Å². The number of rotatable bonds is 8. The molecule has 1 aromatic heterocycles. The van der Waals surface area contributed by atoms with Gasteiger partial charge in [-0.3, -0.25) is 19.5 Å². The van der Waals surface area contributed by atoms with Gasteiger partial charge in [0.25, 0.3) is 5.91 Å². The topological polar surface area (TPSA) is 139 Å². The molecule has 2 amide bonds. The normalized spacial score (nSPS) is 13.1. The van der Waals surface area contributed by atoms with Crippen molar-refractivity contribution in [2.45, 2.75) is 0 Å². The summed E-state index contributed by atoms with van der Waals surface area (Å²) in [6.45, 7) is 0.895. The largest absolute Gasteiger partial charge is 0.453 e. The van der Waals surface area contributed by atoms with Crippen molar-refractivity contribution in [3.8, 4) is 0 Å². The lowest BCUT2D eigenvalue weighted by molar-refractivity contribution is 0.0945. The van der Waals surface area contributed by atoms with Crippen LogP contribution in [-0.2, 0) is 9.47 Å². The molecule has 0 fully saturated rings. The minimum absolute atomic E-state index is 0.0115. The van der Waals surface area contributed by atoms with Crippen LogP contribution in [0.2, 0.25) is 0 Å². The number of ketones is 2. The van der Waals surface area contributed by atoms with Gasteiger partial charge in [-0.2, -0.15) is 5.10 Å². The summed E-state index contributed by atoms with van der Waals surface area (Å²) in [6.07, 6.45) is 0.671. The van der Waals surface area contributed by atoms with Crippen LogP contribution in [0.3, 0.4) is 0 Å². The Morgan fingerprint density at radius 1 is 1.31 bits per heavy atom. The van der Waals surface area contributed by atoms with Gasteiger partial charge in [0.15, 0.2) is 0 Å². The summed E-state index contributed by atoms with van der Waals surface area (Å²) < 4.78 is 9.73. The number of nitrogens with zero attached hydrogens (tertiary/aromatic N) is 1. The fourth-order valence-electron chi connectivity index (χ4n) is 2.12. The highest BCUT2D eigenvalue weighted by molar-refractivity contribution is 8.04. The van der Waals surface area contributed by atoms with Crippen molar-refractivity contribution in [2.75, 3.05) is 39.7 Å². The van der Waals surface area contributed by atoms with Gasteiger partial charge in [-0.1, -0.05) is 0 Å². The minimum atomic E-state index is -0.540. The minimum Gasteiger partial charge on any atom is -0.453 e. The molecule has 0 saturated heterocycles. The molecule has 0 aromatic carbocycles. The van der Waals surface area contributed by atoms with E-state index in [1.807, 2.05) is 0 Å². The number of aromatic amines is 1. The molecule has 0 saturated carbocycles. The molecule has 10 nitrogen and oxygen atoms in total. The first kappa shape index (κ1) is 19.7. The lowest BCUT2D eigenvalue weighted by Crippen LogP contribution is -2.27. The zero-order valence-corrected chi connectivity index (χ0v) is 15.0. The van der Waals surface area contributed by atoms with Gasteiger partial charge in [-0.05, 0) is 0 Å². The van der Waals surface area contributed by atoms with Crippen LogP contribution < -0.4 is 10.6 Å². The highest BCUT2D eigenvalue weighted by Gasteiger charge is 2.33. The van der Waals surface area contributed by atoms with Gasteiger partial charge in [0.2, 0.25) is 11.6 Å². The molecule has 0 aliphatic heterocycles. The maximum Gasteiger partial charge on any atom is 0.406 e. The Kier molecular flexibility index (Phi) is 6.92. The smallest absolute Gasteiger partial charge is 0.406 e. The summed E-state index contributed by atoms with van der Waals surface area (Å²) in [5.74, 6) is -0.959. The number of thioether (sulfide) groups is 1. The number of H-pyrrole nitrogens is 1. The fourth-order valence-corrected chi connectivity index (χ4v) is 2.97. The van der Waals surface area contributed by atoms with Gasteiger partial charge in [-0.25, -0.2) is 4.79 Å². The molecule has 26 heavy (non-hydrogen) atoms. The van der Waals surface area contributed by atoms with Crippen molar-refractivity contribution >= 4 is 35.3 Å². The number of hydrogen-bond donors (Lipinski definition) is 3. The molecule has 1 heterocycles. The Balaban J connectivity index is 1.87. The Bertz CT molecular complexity index is 757. The van der Waals surface area contributed by atoms with E-state index in [0.717, 1.165) is 11.8 Å². The summed E-state index contributed by atoms with van der Waals surface area (Å²) in [5, 5.41) is 11.1. The molecule has 0 atom stereocenters. The van der Waals surface area contributed by atoms with Gasteiger partial charge in [0.05, 0.1) is 30.8 Å². The third-order valence-electron chi connectivity index (χ3n) is 3.35. The molecule has 140 valence electrons. The summed E-state index contributed by atoms with van der Waals surface area (Å²) in [5.41, 5.74) is -0.0946. The second-order valence-electron chi connectivity index (χ2n) is 4.98. The van der Waals surface area contributed by atoms with E-state index in [1.54, 1.807) is 0 Å². The van der Waals surface area contributed by atoms with E-state index in [0.29, 0.717) is 18.9 Å². The van der Waals surface area contributed by atoms with Gasteiger partial charge in [-0.15, -0.1) is 11.8 Å². The maximum atomic E-state index is 12.6. The van der Waals surface area contributed by atoms with Crippen LogP contribution in [-0.4, -0.2) is 73.4 Å². The van der Waals surface area contributed by atoms with Crippen LogP contribution in [0.25, 0.3) is 0 Å². The summed E-state index contributed by atoms with van der Waals surface area (Å²) in [4.78, 5) is 47.5. The van der Waals surface area contributed by atoms with Crippen LogP contribution in [0.4, 0.5) is 4.79 Å². The Morgan fingerprint density at radius 3 is 2.77 bits per heavy atom. The number of carbonyl (C=O) groups excluding carboxylic acids is 4. The average Bonchev–Trinajstić information content (AvgIpc) is 3.09. The highest BCUT2D eigenvalue weighted by Crippen LogP contribution is 2.29. The number of amides is 2. The molecular weight excluding hydrogens is 364 g/mol. The van der Waals surface area contributed by atoms with Crippen molar-refractivity contribution in [3.63, 3.8) is 0 Å². The Morgan fingerprint density at radius 2 is 2.08 bits per heavy atom. The number of nitrogens with one attached hydrogen (secondary N) is 3. The summed E-state index contributed by atoms with van der Waals surface area (Å²) >= 11 is 1.15. The molecular formula is C15H18N4O6S. The van der Waals surface area contributed by atoms with Crippen LogP contribution in [0.15, 0.2) is 11.0 Å². The quantitative estimate of drug-likeness (QED) is 0.540. The zero-order valence-electron chi connectivity index (χ0n) is 14.2. The van der Waals surface area contributed by atoms with Crippen molar-refractivity contribution in [1.82, 2.24) is 20.8 Å². The molecule has 1 aliphatic carbocycles. The van der Waals surface area contributed by atoms with Gasteiger partial charge in [0.1, 0.15) is 11.4 Å². The molecule has 2 rings (SSSR count). The molecule has 1 aromatic rings. The van der Waals surface area contributed by atoms with Gasteiger partial charge < -0.3 is 20.1 Å². The monoisotopic (exact) mass is 382 g/mol. The first-order chi connectivity index (χ1) is 12.5. The predicted molar refractivity (Wildman–Crippen MR) is 92.4 cm³/mol. The van der Waals surface area contributed by atoms with Crippen molar-refractivity contribution < 1.29 is 28.7 Å². The van der Waals surface area contributed by atoms with Crippen molar-refractivity contribution in [2.24, 2.45) is 0 Å². The van der Waals surface area contributed by atoms with E-state index in [2.05, 4.69) is 25.6 Å². The van der Waals surface area contributed by atoms with Crippen LogP contribution in [0, 0.1) is 0 Å². The number of carbonyl (C=O) groups is 4. The fraction of sp³-hybridized carbons (Fsp3) is 0.400. The molecule has 0 unspecified atom stereocenters. The van der Waals surface area contributed by atoms with Crippen LogP contribution in [0.1, 0.15) is 31.3 Å². The summed E-state index contributed by atoms with van der Waals surface area (Å²) in [7, 11) is 2.69. The van der Waals surface area contributed by atoms with E-state index in [-0.39, 0.29) is 28.5 Å². The number of methoxy groups -OCH3 is 1. The SMILES string of the molecule is CNC(=O)c1[nH]nc2c1C(=O)C(SCCOCCNC(=O)OC)=CC2=O. The molecule has 0 bridgehead atoms. The second kappa shape index (κ2) is 9.15. The number of Topliss-reactive ketones (excluding diaryl/α,β-unsaturated/α-hetero) is 1. The van der Waals surface area contributed by atoms with Crippen LogP contribution in [0.5, 0.6) is 0 Å². The molecule has 0 radical (unpaired) electrons. The molecule has 3 N–H and O–H groups in total. The Labute approximate surface area is 153 Å². The number of aromatic nitrogens is 2. The molecule has 1 aliphatic rings. The lowest BCUT2D eigenvalue weighted by atomic mass is 9.99. The van der Waals surface area contributed by atoms with Crippen molar-refractivity contribution in [3.05, 3.63) is 27.9 Å². The van der Waals surface area contributed by atoms with E-state index in [9.17, 15) is 19.2 Å². The third kappa shape index (κ3) is 4.49. The maximum absolute atomic E-state index is 12.6. The number of hydrogen-bond acceptors (Lipinski definition) is 8. The number of ether oxygens (including phenoxy) is 2. The lowest BCUT2D eigenvalue weighted by Gasteiger charge is -2.12. The second-order valence-corrected chi connectivity index (χ2v) is 6.12. The first-order valence-electron chi connectivity index (χ1n) is 7.63. The average molecular weight is 382 g/mol. The number of fused-ring (bicyclic) bond motifs is 1. The predicted octanol–water partition coefficient (Wildman–Crippen LogP) is 0.138. The first-order valence-corrected chi connectivity index (χ1v) is 8.61. The van der Waals surface area contributed by atoms with E-state index in [1.165, 1.54) is 20.2 Å². The number of alkyl carbamates (subject to hydrolysis) is 1. The van der Waals surface area contributed by atoms with E-state index in [4.69, 9.17) is 4.74 Å². The highest BCUT2D eigenvalue weighted by atomic mass is 32.2. The van der Waals surface area contributed by atoms with E-state index >= 15 is 0 Å². The third-order valence-corrected chi connectivity index (χ3v) is 4.34. The standard InChI is InChI=1S/C15H18N4O6S/c1-16-14(22)12-10-11(18-19-12)8(20)7-9(13(10)21)26-6-5-25-4-3-17-15(23)24-2/h7H,3-6H2,1-2H3,(H,16,22)(H,17,23)(H,18,19). The molecule has 0 spiro atoms. The van der Waals surface area contributed by atoms with Gasteiger partial charge >= 0.3 is 6.09 Å². The summed E-state index contributed by atoms with van der Waals surface area (Å²) in [6, 6.07) is 0. The van der Waals surface area contributed by atoms with Crippen molar-refractivity contribution in [1.29, 1.82) is 0 Å². The zero-order chi connectivity index (χ0) is 19.1. The number of allylic oxidation sites excluding steroid dienone is 2. The Hall–Kier alpha value is -2.66. The molecule has 11 heteroatoms.